The molecule has 0 aliphatic rings. The van der Waals surface area contributed by atoms with Crippen LogP contribution in [0.15, 0.2) is 0 Å². The second-order valence-corrected chi connectivity index (χ2v) is 2.39. The number of carbonyl (C=O) groups is 2. The van der Waals surface area contributed by atoms with E-state index >= 15 is 0 Å². The van der Waals surface area contributed by atoms with Crippen LogP contribution >= 0.6 is 0 Å². The smallest absolute Gasteiger partial charge is 0.404 e. The number of unbranched alkanes of at least 4 members (excludes halogenated alkanes) is 1. The monoisotopic (exact) mass is 159 g/mol. The van der Waals surface area contributed by atoms with Crippen molar-refractivity contribution >= 4 is 11.9 Å². The zero-order valence-corrected chi connectivity index (χ0v) is 6.59. The molecule has 4 heteroatoms. The average molecular weight is 159 g/mol. The van der Waals surface area contributed by atoms with E-state index in [9.17, 15) is 9.59 Å². The molecule has 0 aromatic rings. The number of carbonyl (C=O) groups excluding carboxylic acids is 1. The summed E-state index contributed by atoms with van der Waals surface area (Å²) in [7, 11) is 0. The minimum Gasteiger partial charge on any atom is -0.465 e. The van der Waals surface area contributed by atoms with Gasteiger partial charge in [0.2, 0.25) is 0 Å². The van der Waals surface area contributed by atoms with Crippen molar-refractivity contribution in [2.24, 2.45) is 0 Å². The summed E-state index contributed by atoms with van der Waals surface area (Å²) in [5.41, 5.74) is 0. The number of ketones is 1. The molecule has 64 valence electrons. The quantitative estimate of drug-likeness (QED) is 0.588. The van der Waals surface area contributed by atoms with Crippen molar-refractivity contribution in [1.82, 2.24) is 5.32 Å². The summed E-state index contributed by atoms with van der Waals surface area (Å²) in [5.74, 6) is 0.153. The Morgan fingerprint density at radius 1 is 1.36 bits per heavy atom. The van der Waals surface area contributed by atoms with E-state index < -0.39 is 6.09 Å². The van der Waals surface area contributed by atoms with Gasteiger partial charge in [-0.05, 0) is 19.8 Å². The summed E-state index contributed by atoms with van der Waals surface area (Å²) in [6.45, 7) is 1.97. The van der Waals surface area contributed by atoms with Gasteiger partial charge in [-0.2, -0.15) is 0 Å². The SMILES string of the molecule is CC(=O)CCCCNC(=O)O. The van der Waals surface area contributed by atoms with E-state index in [-0.39, 0.29) is 5.78 Å². The predicted molar refractivity (Wildman–Crippen MR) is 40.6 cm³/mol. The lowest BCUT2D eigenvalue weighted by Gasteiger charge is -1.98. The molecule has 0 aromatic heterocycles. The molecule has 1 amide bonds. The van der Waals surface area contributed by atoms with Gasteiger partial charge in [-0.3, -0.25) is 0 Å². The van der Waals surface area contributed by atoms with Gasteiger partial charge in [0, 0.05) is 13.0 Å². The van der Waals surface area contributed by atoms with Crippen molar-refractivity contribution in [2.75, 3.05) is 6.54 Å². The lowest BCUT2D eigenvalue weighted by molar-refractivity contribution is -0.117. The van der Waals surface area contributed by atoms with Crippen molar-refractivity contribution in [3.05, 3.63) is 0 Å². The molecule has 0 bridgehead atoms. The molecule has 0 heterocycles. The third-order valence-electron chi connectivity index (χ3n) is 1.23. The van der Waals surface area contributed by atoms with Crippen LogP contribution in [-0.4, -0.2) is 23.5 Å². The van der Waals surface area contributed by atoms with Crippen molar-refractivity contribution in [1.29, 1.82) is 0 Å². The predicted octanol–water partition coefficient (Wildman–Crippen LogP) is 1.01. The Kier molecular flexibility index (Phi) is 5.15. The molecule has 0 saturated carbocycles. The number of carboxylic acid groups (broad SMARTS) is 1. The zero-order valence-electron chi connectivity index (χ0n) is 6.59. The first-order chi connectivity index (χ1) is 5.13. The standard InChI is InChI=1S/C7H13NO3/c1-6(9)4-2-3-5-8-7(10)11/h8H,2-5H2,1H3,(H,10,11). The molecule has 0 radical (unpaired) electrons. The number of amides is 1. The van der Waals surface area contributed by atoms with Crippen molar-refractivity contribution in [3.63, 3.8) is 0 Å². The highest BCUT2D eigenvalue weighted by Crippen LogP contribution is 1.93. The molecule has 0 aliphatic carbocycles. The average Bonchev–Trinajstić information content (AvgIpc) is 1.85. The van der Waals surface area contributed by atoms with E-state index in [2.05, 4.69) is 5.32 Å². The van der Waals surface area contributed by atoms with Crippen LogP contribution in [0, 0.1) is 0 Å². The number of Topliss-reactive ketones (excluding diaryl/α,β-unsaturated/α-hetero) is 1. The van der Waals surface area contributed by atoms with Crippen LogP contribution in [0.2, 0.25) is 0 Å². The minimum atomic E-state index is -1.01. The maximum absolute atomic E-state index is 10.4. The molecule has 11 heavy (non-hydrogen) atoms. The van der Waals surface area contributed by atoms with Crippen molar-refractivity contribution < 1.29 is 14.7 Å². The first kappa shape index (κ1) is 9.94. The number of rotatable bonds is 5. The summed E-state index contributed by atoms with van der Waals surface area (Å²) in [6.07, 6.45) is 1.02. The normalized spacial score (nSPS) is 9.18. The summed E-state index contributed by atoms with van der Waals surface area (Å²) in [4.78, 5) is 20.3. The maximum atomic E-state index is 10.4. The van der Waals surface area contributed by atoms with E-state index in [4.69, 9.17) is 5.11 Å². The fourth-order valence-corrected chi connectivity index (χ4v) is 0.694. The lowest BCUT2D eigenvalue weighted by atomic mass is 10.2. The van der Waals surface area contributed by atoms with Crippen LogP contribution in [-0.2, 0) is 4.79 Å². The molecule has 0 fully saturated rings. The van der Waals surface area contributed by atoms with Crippen LogP contribution in [0.5, 0.6) is 0 Å². The molecule has 0 atom stereocenters. The topological polar surface area (TPSA) is 66.4 Å². The highest BCUT2D eigenvalue weighted by molar-refractivity contribution is 5.75. The Balaban J connectivity index is 3.03. The van der Waals surface area contributed by atoms with Crippen molar-refractivity contribution in [3.8, 4) is 0 Å². The van der Waals surface area contributed by atoms with E-state index in [1.807, 2.05) is 0 Å². The molecular weight excluding hydrogens is 146 g/mol. The molecule has 0 unspecified atom stereocenters. The van der Waals surface area contributed by atoms with E-state index in [0.717, 1.165) is 12.8 Å². The van der Waals surface area contributed by atoms with Gasteiger partial charge in [-0.15, -0.1) is 0 Å². The molecular formula is C7H13NO3. The van der Waals surface area contributed by atoms with Gasteiger partial charge in [0.05, 0.1) is 0 Å². The molecule has 0 spiro atoms. The van der Waals surface area contributed by atoms with E-state index in [1.165, 1.54) is 6.92 Å². The Labute approximate surface area is 65.6 Å². The van der Waals surface area contributed by atoms with Crippen LogP contribution in [0.1, 0.15) is 26.2 Å². The van der Waals surface area contributed by atoms with Gasteiger partial charge in [0.25, 0.3) is 0 Å². The molecule has 0 rings (SSSR count). The highest BCUT2D eigenvalue weighted by atomic mass is 16.4. The summed E-state index contributed by atoms with van der Waals surface area (Å²) >= 11 is 0. The van der Waals surface area contributed by atoms with Gasteiger partial charge in [-0.25, -0.2) is 4.79 Å². The van der Waals surface area contributed by atoms with Gasteiger partial charge in [0.1, 0.15) is 5.78 Å². The van der Waals surface area contributed by atoms with Crippen molar-refractivity contribution in [2.45, 2.75) is 26.2 Å². The second-order valence-electron chi connectivity index (χ2n) is 2.39. The Bertz CT molecular complexity index is 129. The molecule has 0 aliphatic heterocycles. The number of hydrogen-bond acceptors (Lipinski definition) is 2. The molecule has 0 saturated heterocycles. The summed E-state index contributed by atoms with van der Waals surface area (Å²) in [5, 5.41) is 10.4. The van der Waals surface area contributed by atoms with Gasteiger partial charge in [-0.1, -0.05) is 0 Å². The highest BCUT2D eigenvalue weighted by Gasteiger charge is 1.95. The summed E-state index contributed by atoms with van der Waals surface area (Å²) < 4.78 is 0. The zero-order chi connectivity index (χ0) is 8.69. The van der Waals surface area contributed by atoms with Gasteiger partial charge >= 0.3 is 6.09 Å². The Morgan fingerprint density at radius 3 is 2.45 bits per heavy atom. The van der Waals surface area contributed by atoms with E-state index in [0.29, 0.717) is 13.0 Å². The maximum Gasteiger partial charge on any atom is 0.404 e. The largest absolute Gasteiger partial charge is 0.465 e. The van der Waals surface area contributed by atoms with Crippen LogP contribution < -0.4 is 5.32 Å². The van der Waals surface area contributed by atoms with Crippen LogP contribution in [0.4, 0.5) is 4.79 Å². The third kappa shape index (κ3) is 8.94. The van der Waals surface area contributed by atoms with E-state index in [1.54, 1.807) is 0 Å². The first-order valence-corrected chi connectivity index (χ1v) is 3.59. The number of hydrogen-bond donors (Lipinski definition) is 2. The Hall–Kier alpha value is -1.06. The van der Waals surface area contributed by atoms with Gasteiger partial charge < -0.3 is 15.2 Å². The Morgan fingerprint density at radius 2 is 2.00 bits per heavy atom. The molecule has 0 aromatic carbocycles. The third-order valence-corrected chi connectivity index (χ3v) is 1.23. The number of nitrogens with one attached hydrogen (secondary N) is 1. The molecule has 2 N–H and O–H groups in total. The first-order valence-electron chi connectivity index (χ1n) is 3.59. The second kappa shape index (κ2) is 5.70. The fourth-order valence-electron chi connectivity index (χ4n) is 0.694. The fraction of sp³-hybridized carbons (Fsp3) is 0.714. The lowest BCUT2D eigenvalue weighted by Crippen LogP contribution is -2.21. The minimum absolute atomic E-state index is 0.153. The van der Waals surface area contributed by atoms with Gasteiger partial charge in [0.15, 0.2) is 0 Å². The molecule has 4 nitrogen and oxygen atoms in total. The summed E-state index contributed by atoms with van der Waals surface area (Å²) in [6, 6.07) is 0. The van der Waals surface area contributed by atoms with Crippen LogP contribution in [0.25, 0.3) is 0 Å². The van der Waals surface area contributed by atoms with Crippen LogP contribution in [0.3, 0.4) is 0 Å².